The van der Waals surface area contributed by atoms with Gasteiger partial charge in [0.2, 0.25) is 0 Å². The molecule has 0 aliphatic carbocycles. The number of hydrogen-bond acceptors (Lipinski definition) is 2. The Morgan fingerprint density at radius 1 is 0.815 bits per heavy atom. The van der Waals surface area contributed by atoms with Crippen molar-refractivity contribution in [3.8, 4) is 0 Å². The van der Waals surface area contributed by atoms with E-state index >= 15 is 0 Å². The van der Waals surface area contributed by atoms with Crippen LogP contribution in [0.1, 0.15) is 37.5 Å². The summed E-state index contributed by atoms with van der Waals surface area (Å²) in [6.45, 7) is 3.21. The first-order valence-electron chi connectivity index (χ1n) is 9.96. The molecule has 2 heteroatoms. The van der Waals surface area contributed by atoms with E-state index in [4.69, 9.17) is 4.42 Å². The van der Waals surface area contributed by atoms with Gasteiger partial charge in [-0.15, -0.1) is 0 Å². The van der Waals surface area contributed by atoms with E-state index in [1.165, 1.54) is 41.0 Å². The molecule has 0 aliphatic rings. The van der Waals surface area contributed by atoms with E-state index in [9.17, 15) is 0 Å². The molecule has 27 heavy (non-hydrogen) atoms. The zero-order chi connectivity index (χ0) is 18.5. The van der Waals surface area contributed by atoms with Gasteiger partial charge >= 0.3 is 0 Å². The predicted octanol–water partition coefficient (Wildman–Crippen LogP) is 6.48. The van der Waals surface area contributed by atoms with E-state index < -0.39 is 0 Å². The zero-order valence-corrected chi connectivity index (χ0v) is 15.9. The van der Waals surface area contributed by atoms with Crippen LogP contribution in [-0.4, -0.2) is 6.04 Å². The van der Waals surface area contributed by atoms with Crippen molar-refractivity contribution in [1.82, 2.24) is 5.32 Å². The number of fused-ring (bicyclic) bond motifs is 2. The number of para-hydroxylation sites is 1. The first kappa shape index (κ1) is 17.8. The summed E-state index contributed by atoms with van der Waals surface area (Å²) in [5.41, 5.74) is 2.35. The molecule has 138 valence electrons. The number of benzene rings is 3. The van der Waals surface area contributed by atoms with Crippen LogP contribution >= 0.6 is 0 Å². The third-order valence-corrected chi connectivity index (χ3v) is 5.26. The van der Waals surface area contributed by atoms with E-state index in [1.807, 2.05) is 12.1 Å². The van der Waals surface area contributed by atoms with E-state index in [-0.39, 0.29) is 0 Å². The summed E-state index contributed by atoms with van der Waals surface area (Å²) in [5, 5.41) is 7.49. The van der Waals surface area contributed by atoms with Crippen LogP contribution in [0.2, 0.25) is 0 Å². The number of unbranched alkanes of at least 4 members (excludes halogenated alkanes) is 1. The molecule has 2 nitrogen and oxygen atoms in total. The fourth-order valence-electron chi connectivity index (χ4n) is 3.65. The maximum Gasteiger partial charge on any atom is 0.134 e. The van der Waals surface area contributed by atoms with Crippen LogP contribution in [0, 0.1) is 0 Å². The maximum absolute atomic E-state index is 5.90. The van der Waals surface area contributed by atoms with E-state index in [1.54, 1.807) is 0 Å². The van der Waals surface area contributed by atoms with E-state index in [0.29, 0.717) is 6.04 Å². The SMILES string of the molecule is C[C@H](CCCCc1cc2ccccc2o1)NCc1ccc2ccccc2c1. The van der Waals surface area contributed by atoms with Gasteiger partial charge in [-0.3, -0.25) is 0 Å². The van der Waals surface area contributed by atoms with Crippen molar-refractivity contribution in [3.63, 3.8) is 0 Å². The largest absolute Gasteiger partial charge is 0.461 e. The first-order chi connectivity index (χ1) is 13.3. The lowest BCUT2D eigenvalue weighted by Crippen LogP contribution is -2.25. The normalized spacial score (nSPS) is 12.6. The fourth-order valence-corrected chi connectivity index (χ4v) is 3.65. The Bertz CT molecular complexity index is 984. The second-order valence-corrected chi connectivity index (χ2v) is 7.46. The lowest BCUT2D eigenvalue weighted by atomic mass is 10.1. The Morgan fingerprint density at radius 3 is 2.44 bits per heavy atom. The highest BCUT2D eigenvalue weighted by Crippen LogP contribution is 2.20. The van der Waals surface area contributed by atoms with Crippen LogP contribution in [0.15, 0.2) is 77.2 Å². The molecule has 1 atom stereocenters. The number of nitrogens with one attached hydrogen (secondary N) is 1. The highest BCUT2D eigenvalue weighted by Gasteiger charge is 2.05. The van der Waals surface area contributed by atoms with Crippen molar-refractivity contribution in [3.05, 3.63) is 84.1 Å². The van der Waals surface area contributed by atoms with Gasteiger partial charge in [0.15, 0.2) is 0 Å². The van der Waals surface area contributed by atoms with Gasteiger partial charge in [-0.1, -0.05) is 61.0 Å². The summed E-state index contributed by atoms with van der Waals surface area (Å²) in [6.07, 6.45) is 4.59. The second kappa shape index (κ2) is 8.41. The van der Waals surface area contributed by atoms with Gasteiger partial charge in [-0.2, -0.15) is 0 Å². The average molecular weight is 357 g/mol. The summed E-state index contributed by atoms with van der Waals surface area (Å²) in [6, 6.07) is 26.2. The zero-order valence-electron chi connectivity index (χ0n) is 15.9. The van der Waals surface area contributed by atoms with Gasteiger partial charge < -0.3 is 9.73 Å². The van der Waals surface area contributed by atoms with Gasteiger partial charge in [-0.05, 0) is 54.3 Å². The van der Waals surface area contributed by atoms with Crippen LogP contribution < -0.4 is 5.32 Å². The molecule has 0 spiro atoms. The third kappa shape index (κ3) is 4.58. The molecule has 0 bridgehead atoms. The smallest absolute Gasteiger partial charge is 0.134 e. The van der Waals surface area contributed by atoms with Crippen molar-refractivity contribution in [1.29, 1.82) is 0 Å². The molecule has 0 fully saturated rings. The number of furan rings is 1. The molecule has 4 rings (SSSR count). The number of aryl methyl sites for hydroxylation is 1. The minimum absolute atomic E-state index is 0.521. The molecule has 1 heterocycles. The minimum Gasteiger partial charge on any atom is -0.461 e. The highest BCUT2D eigenvalue weighted by atomic mass is 16.3. The monoisotopic (exact) mass is 357 g/mol. The molecule has 0 saturated carbocycles. The lowest BCUT2D eigenvalue weighted by Gasteiger charge is -2.14. The average Bonchev–Trinajstić information content (AvgIpc) is 3.12. The molecule has 1 N–H and O–H groups in total. The minimum atomic E-state index is 0.521. The Hall–Kier alpha value is -2.58. The molecule has 0 amide bonds. The molecule has 0 saturated heterocycles. The number of rotatable bonds is 8. The lowest BCUT2D eigenvalue weighted by molar-refractivity contribution is 0.474. The Labute approximate surface area is 161 Å². The van der Waals surface area contributed by atoms with Crippen molar-refractivity contribution in [2.75, 3.05) is 0 Å². The summed E-state index contributed by atoms with van der Waals surface area (Å²) in [5.74, 6) is 1.10. The van der Waals surface area contributed by atoms with Gasteiger partial charge in [0, 0.05) is 24.4 Å². The van der Waals surface area contributed by atoms with Crippen LogP contribution in [0.3, 0.4) is 0 Å². The second-order valence-electron chi connectivity index (χ2n) is 7.46. The molecule has 3 aromatic carbocycles. The topological polar surface area (TPSA) is 25.2 Å². The van der Waals surface area contributed by atoms with Crippen molar-refractivity contribution in [2.45, 2.75) is 45.2 Å². The van der Waals surface area contributed by atoms with E-state index in [2.05, 4.69) is 72.9 Å². The summed E-state index contributed by atoms with van der Waals surface area (Å²) >= 11 is 0. The maximum atomic E-state index is 5.90. The summed E-state index contributed by atoms with van der Waals surface area (Å²) in [7, 11) is 0. The Morgan fingerprint density at radius 2 is 1.59 bits per heavy atom. The molecular formula is C25H27NO. The highest BCUT2D eigenvalue weighted by molar-refractivity contribution is 5.83. The van der Waals surface area contributed by atoms with Crippen LogP contribution in [0.25, 0.3) is 21.7 Å². The molecule has 1 aromatic heterocycles. The summed E-state index contributed by atoms with van der Waals surface area (Å²) < 4.78 is 5.90. The molecule has 4 aromatic rings. The van der Waals surface area contributed by atoms with Crippen molar-refractivity contribution in [2.24, 2.45) is 0 Å². The van der Waals surface area contributed by atoms with Crippen LogP contribution in [-0.2, 0) is 13.0 Å². The van der Waals surface area contributed by atoms with Gasteiger partial charge in [0.25, 0.3) is 0 Å². The predicted molar refractivity (Wildman–Crippen MR) is 114 cm³/mol. The standard InChI is InChI=1S/C25H27NO/c1-19(26-18-20-14-15-21-9-3-4-10-22(21)16-20)8-2-6-12-24-17-23-11-5-7-13-25(23)27-24/h3-5,7,9-11,13-17,19,26H,2,6,8,12,18H2,1H3/t19-/m1/s1. The van der Waals surface area contributed by atoms with Gasteiger partial charge in [0.1, 0.15) is 11.3 Å². The third-order valence-electron chi connectivity index (χ3n) is 5.26. The molecule has 0 aliphatic heterocycles. The Kier molecular flexibility index (Phi) is 5.55. The van der Waals surface area contributed by atoms with Crippen molar-refractivity contribution < 1.29 is 4.42 Å². The van der Waals surface area contributed by atoms with Gasteiger partial charge in [-0.25, -0.2) is 0 Å². The van der Waals surface area contributed by atoms with Gasteiger partial charge in [0.05, 0.1) is 0 Å². The van der Waals surface area contributed by atoms with Crippen LogP contribution in [0.4, 0.5) is 0 Å². The molecule has 0 unspecified atom stereocenters. The Balaban J connectivity index is 1.20. The summed E-state index contributed by atoms with van der Waals surface area (Å²) in [4.78, 5) is 0. The number of hydrogen-bond donors (Lipinski definition) is 1. The quantitative estimate of drug-likeness (QED) is 0.365. The molecule has 0 radical (unpaired) electrons. The van der Waals surface area contributed by atoms with E-state index in [0.717, 1.165) is 24.3 Å². The molecular weight excluding hydrogens is 330 g/mol. The fraction of sp³-hybridized carbons (Fsp3) is 0.280. The first-order valence-corrected chi connectivity index (χ1v) is 9.96. The van der Waals surface area contributed by atoms with Crippen molar-refractivity contribution >= 4 is 21.7 Å². The van der Waals surface area contributed by atoms with Crippen LogP contribution in [0.5, 0.6) is 0 Å².